The van der Waals surface area contributed by atoms with Crippen LogP contribution in [0.5, 0.6) is 11.9 Å². The number of terminal acetylenes is 1. The Balaban J connectivity index is 1.18. The number of aliphatic hydroxyl groups is 1. The number of halogens is 2. The topological polar surface area (TPSA) is 113 Å². The van der Waals surface area contributed by atoms with Crippen molar-refractivity contribution in [2.24, 2.45) is 5.41 Å². The Hall–Kier alpha value is -4.80. The van der Waals surface area contributed by atoms with Crippen LogP contribution < -0.4 is 14.4 Å². The van der Waals surface area contributed by atoms with Crippen LogP contribution in [0.3, 0.4) is 0 Å². The molecule has 4 aromatic rings. The molecule has 2 aromatic heterocycles. The zero-order valence-corrected chi connectivity index (χ0v) is 30.9. The largest absolute Gasteiger partial charge is 0.472 e. The number of likely N-dealkylation sites (tertiary alicyclic amines) is 1. The molecule has 2 aromatic carbocycles. The van der Waals surface area contributed by atoms with Gasteiger partial charge in [0.2, 0.25) is 5.88 Å². The van der Waals surface area contributed by atoms with Gasteiger partial charge < -0.3 is 24.2 Å². The summed E-state index contributed by atoms with van der Waals surface area (Å²) in [5, 5.41) is 11.4. The maximum Gasteiger partial charge on any atom is 0.410 e. The standard InChI is InChI=1S/C41H44F2N6O5/c1-6-26-28(42)12-10-23-8-7-9-27(30(23)26)33-32(43)34-31-36(46-38(45-34)52-21-41(15-16-41)20-47-17-14-25(50)19-47)48-18-24-11-13-29(35(48)22(2)53-37(31)44-33)49(24)39(51)54-40(3,4)5/h1,7-10,12,22,24-25,29,35,50H,11,13-21H2,2-5H3/t22-,24+,25?,29-,35+/m0/s1. The number of fused-ring (bicyclic) bond motifs is 6. The SMILES string of the molecule is C#Cc1c(F)ccc2cccc(-c3nc4c5c(nc(OCC6(CN7CCC(O)C7)CC6)nc5c3F)N3C[C@H]5CC[C@@H]([C@H]3[C@H](C)O4)N5C(=O)OC(C)(C)C)c12. The smallest absolute Gasteiger partial charge is 0.410 e. The normalized spacial score (nSPS) is 25.6. The van der Waals surface area contributed by atoms with Crippen LogP contribution in [-0.4, -0.2) is 105 Å². The van der Waals surface area contributed by atoms with Gasteiger partial charge in [-0.1, -0.05) is 30.2 Å². The highest BCUT2D eigenvalue weighted by Gasteiger charge is 2.54. The molecule has 5 atom stereocenters. The van der Waals surface area contributed by atoms with Crippen LogP contribution >= 0.6 is 0 Å². The van der Waals surface area contributed by atoms with Gasteiger partial charge in [-0.3, -0.25) is 9.80 Å². The van der Waals surface area contributed by atoms with Crippen molar-refractivity contribution in [1.82, 2.24) is 24.8 Å². The van der Waals surface area contributed by atoms with Crippen LogP contribution in [0.25, 0.3) is 32.9 Å². The zero-order valence-electron chi connectivity index (χ0n) is 30.9. The lowest BCUT2D eigenvalue weighted by Gasteiger charge is -2.48. The van der Waals surface area contributed by atoms with Crippen LogP contribution in [0.4, 0.5) is 19.4 Å². The van der Waals surface area contributed by atoms with E-state index in [0.717, 1.165) is 45.2 Å². The molecule has 5 aliphatic rings. The maximum atomic E-state index is 17.3. The number of benzene rings is 2. The fourth-order valence-corrected chi connectivity index (χ4v) is 9.13. The monoisotopic (exact) mass is 738 g/mol. The number of amides is 1. The number of β-amino-alcohol motifs (C(OH)–C–C–N with tert-alkyl or cyclic N) is 1. The summed E-state index contributed by atoms with van der Waals surface area (Å²) in [5.41, 5.74) is -0.594. The van der Waals surface area contributed by atoms with Gasteiger partial charge >= 0.3 is 12.1 Å². The number of anilines is 1. The first kappa shape index (κ1) is 34.9. The second-order valence-electron chi connectivity index (χ2n) is 16.7. The first-order chi connectivity index (χ1) is 25.8. The van der Waals surface area contributed by atoms with E-state index >= 15 is 8.78 Å². The quantitative estimate of drug-likeness (QED) is 0.234. The minimum atomic E-state index is -0.737. The van der Waals surface area contributed by atoms with Gasteiger partial charge in [-0.05, 0) is 71.3 Å². The predicted molar refractivity (Wildman–Crippen MR) is 198 cm³/mol. The minimum absolute atomic E-state index is 0.00703. The fraction of sp³-hybridized carbons (Fsp3) is 0.512. The van der Waals surface area contributed by atoms with Crippen molar-refractivity contribution in [3.05, 3.63) is 47.5 Å². The van der Waals surface area contributed by atoms with Crippen LogP contribution in [0, 0.1) is 29.4 Å². The number of rotatable bonds is 6. The van der Waals surface area contributed by atoms with Gasteiger partial charge in [0.15, 0.2) is 5.82 Å². The van der Waals surface area contributed by atoms with E-state index in [9.17, 15) is 9.90 Å². The number of hydrogen-bond acceptors (Lipinski definition) is 10. The Kier molecular flexibility index (Phi) is 8.17. The van der Waals surface area contributed by atoms with Crippen molar-refractivity contribution in [1.29, 1.82) is 0 Å². The van der Waals surface area contributed by atoms with Crippen LogP contribution in [0.15, 0.2) is 30.3 Å². The summed E-state index contributed by atoms with van der Waals surface area (Å²) in [6.07, 6.45) is 8.76. The number of hydrogen-bond donors (Lipinski definition) is 1. The van der Waals surface area contributed by atoms with Crippen LogP contribution in [0.2, 0.25) is 0 Å². The molecule has 9 rings (SSSR count). The summed E-state index contributed by atoms with van der Waals surface area (Å²) in [7, 11) is 0. The van der Waals surface area contributed by atoms with Gasteiger partial charge in [0.05, 0.1) is 36.4 Å². The number of piperazine rings is 1. The molecule has 1 amide bonds. The molecule has 1 aliphatic carbocycles. The average molecular weight is 739 g/mol. The molecule has 6 heterocycles. The summed E-state index contributed by atoms with van der Waals surface area (Å²) in [5.74, 6) is 1.68. The molecule has 0 radical (unpaired) electrons. The Morgan fingerprint density at radius 2 is 1.91 bits per heavy atom. The van der Waals surface area contributed by atoms with Crippen LogP contribution in [0.1, 0.15) is 65.4 Å². The number of nitrogens with zero attached hydrogens (tertiary/aromatic N) is 6. The number of aliphatic hydroxyl groups excluding tert-OH is 1. The molecule has 1 N–H and O–H groups in total. The summed E-state index contributed by atoms with van der Waals surface area (Å²) in [6, 6.07) is 7.32. The van der Waals surface area contributed by atoms with E-state index in [1.807, 2.05) is 32.6 Å². The number of ether oxygens (including phenoxy) is 3. The highest BCUT2D eigenvalue weighted by molar-refractivity contribution is 6.03. The first-order valence-electron chi connectivity index (χ1n) is 18.9. The first-order valence-corrected chi connectivity index (χ1v) is 18.9. The molecule has 1 unspecified atom stereocenters. The lowest BCUT2D eigenvalue weighted by molar-refractivity contribution is 0.000938. The van der Waals surface area contributed by atoms with Crippen molar-refractivity contribution in [2.75, 3.05) is 37.7 Å². The van der Waals surface area contributed by atoms with E-state index in [1.165, 1.54) is 6.07 Å². The molecule has 4 aliphatic heterocycles. The average Bonchev–Trinajstić information content (AvgIpc) is 3.69. The highest BCUT2D eigenvalue weighted by Crippen LogP contribution is 2.49. The number of pyridine rings is 1. The van der Waals surface area contributed by atoms with E-state index in [2.05, 4.69) is 15.7 Å². The maximum absolute atomic E-state index is 17.3. The number of carbonyl (C=O) groups is 1. The molecule has 11 nitrogen and oxygen atoms in total. The number of carbonyl (C=O) groups excluding carboxylic acids is 1. The number of aromatic nitrogens is 3. The Labute approximate surface area is 312 Å². The zero-order chi connectivity index (χ0) is 37.7. The molecular formula is C41H44F2N6O5. The molecule has 0 spiro atoms. The third-order valence-corrected chi connectivity index (χ3v) is 11.7. The highest BCUT2D eigenvalue weighted by atomic mass is 19.1. The van der Waals surface area contributed by atoms with Gasteiger partial charge in [-0.15, -0.1) is 6.42 Å². The molecule has 13 heteroatoms. The molecule has 2 bridgehead atoms. The molecule has 4 fully saturated rings. The summed E-state index contributed by atoms with van der Waals surface area (Å²) in [6.45, 7) is 10.5. The van der Waals surface area contributed by atoms with Crippen molar-refractivity contribution in [3.63, 3.8) is 0 Å². The lowest BCUT2D eigenvalue weighted by Crippen LogP contribution is -2.65. The second kappa shape index (κ2) is 12.6. The van der Waals surface area contributed by atoms with Crippen molar-refractivity contribution in [3.8, 4) is 35.5 Å². The summed E-state index contributed by atoms with van der Waals surface area (Å²) >= 11 is 0. The minimum Gasteiger partial charge on any atom is -0.472 e. The fourth-order valence-electron chi connectivity index (χ4n) is 9.13. The van der Waals surface area contributed by atoms with Gasteiger partial charge in [0, 0.05) is 42.5 Å². The molecule has 282 valence electrons. The Morgan fingerprint density at radius 1 is 1.09 bits per heavy atom. The third kappa shape index (κ3) is 5.85. The van der Waals surface area contributed by atoms with Gasteiger partial charge in [-0.2, -0.15) is 9.97 Å². The van der Waals surface area contributed by atoms with Crippen LogP contribution in [-0.2, 0) is 4.74 Å². The summed E-state index contributed by atoms with van der Waals surface area (Å²) in [4.78, 5) is 34.4. The lowest BCUT2D eigenvalue weighted by atomic mass is 9.96. The van der Waals surface area contributed by atoms with Gasteiger partial charge in [-0.25, -0.2) is 18.6 Å². The van der Waals surface area contributed by atoms with Crippen molar-refractivity contribution < 1.29 is 32.9 Å². The predicted octanol–water partition coefficient (Wildman–Crippen LogP) is 6.07. The Bertz CT molecular complexity index is 2230. The van der Waals surface area contributed by atoms with E-state index in [1.54, 1.807) is 24.3 Å². The van der Waals surface area contributed by atoms with E-state index in [0.29, 0.717) is 47.2 Å². The molecule has 54 heavy (non-hydrogen) atoms. The molecular weight excluding hydrogens is 694 g/mol. The van der Waals surface area contributed by atoms with E-state index in [-0.39, 0.29) is 64.4 Å². The van der Waals surface area contributed by atoms with E-state index in [4.69, 9.17) is 35.6 Å². The summed E-state index contributed by atoms with van der Waals surface area (Å²) < 4.78 is 51.4. The van der Waals surface area contributed by atoms with Crippen molar-refractivity contribution >= 4 is 33.6 Å². The Morgan fingerprint density at radius 3 is 2.63 bits per heavy atom. The van der Waals surface area contributed by atoms with Gasteiger partial charge in [0.25, 0.3) is 0 Å². The van der Waals surface area contributed by atoms with E-state index < -0.39 is 23.3 Å². The second-order valence-corrected chi connectivity index (χ2v) is 16.7. The van der Waals surface area contributed by atoms with Crippen molar-refractivity contribution in [2.45, 2.75) is 95.7 Å². The molecule has 1 saturated carbocycles. The van der Waals surface area contributed by atoms with Gasteiger partial charge in [0.1, 0.15) is 39.9 Å². The molecule has 3 saturated heterocycles. The third-order valence-electron chi connectivity index (χ3n) is 11.7.